The number of urea groups is 1. The summed E-state index contributed by atoms with van der Waals surface area (Å²) in [6.07, 6.45) is 2.29. The Bertz CT molecular complexity index is 1080. The van der Waals surface area contributed by atoms with Crippen LogP contribution in [0.5, 0.6) is 11.5 Å². The van der Waals surface area contributed by atoms with Crippen molar-refractivity contribution >= 4 is 23.7 Å². The molecule has 1 aliphatic heterocycles. The first kappa shape index (κ1) is 22.6. The van der Waals surface area contributed by atoms with Crippen molar-refractivity contribution in [2.24, 2.45) is 5.41 Å². The zero-order chi connectivity index (χ0) is 23.8. The van der Waals surface area contributed by atoms with Crippen LogP contribution in [0.4, 0.5) is 19.4 Å². The van der Waals surface area contributed by atoms with Gasteiger partial charge >= 0.3 is 6.03 Å². The van der Waals surface area contributed by atoms with E-state index in [4.69, 9.17) is 4.74 Å². The van der Waals surface area contributed by atoms with Gasteiger partial charge in [-0.05, 0) is 24.6 Å². The number of aromatic nitrogens is 2. The van der Waals surface area contributed by atoms with E-state index in [1.807, 2.05) is 0 Å². The van der Waals surface area contributed by atoms with Crippen molar-refractivity contribution in [1.29, 1.82) is 0 Å². The number of carbonyl (C=O) groups is 3. The first-order chi connectivity index (χ1) is 15.6. The molecule has 1 saturated carbocycles. The first-order valence-corrected chi connectivity index (χ1v) is 10.4. The summed E-state index contributed by atoms with van der Waals surface area (Å²) < 4.78 is 32.3. The third kappa shape index (κ3) is 4.76. The van der Waals surface area contributed by atoms with Gasteiger partial charge in [-0.15, -0.1) is 0 Å². The molecule has 3 heterocycles. The summed E-state index contributed by atoms with van der Waals surface area (Å²) in [5.41, 5.74) is -0.563. The molecule has 2 fully saturated rings. The highest BCUT2D eigenvalue weighted by atomic mass is 19.3. The molecule has 174 valence electrons. The Morgan fingerprint density at radius 2 is 1.94 bits per heavy atom. The predicted octanol–water partition coefficient (Wildman–Crippen LogP) is 3.08. The number of amides is 4. The van der Waals surface area contributed by atoms with E-state index >= 15 is 0 Å². The molecule has 33 heavy (non-hydrogen) atoms. The highest BCUT2D eigenvalue weighted by Crippen LogP contribution is 2.57. The summed E-state index contributed by atoms with van der Waals surface area (Å²) in [5, 5.41) is 2.51. The summed E-state index contributed by atoms with van der Waals surface area (Å²) in [6.45, 7) is 0.0998. The minimum absolute atomic E-state index is 0.0881. The number of pyridine rings is 2. The van der Waals surface area contributed by atoms with Gasteiger partial charge in [0.05, 0.1) is 23.7 Å². The summed E-state index contributed by atoms with van der Waals surface area (Å²) >= 11 is 0. The fraction of sp³-hybridized carbons (Fsp3) is 0.409. The van der Waals surface area contributed by atoms with Crippen LogP contribution < -0.4 is 10.1 Å². The quantitative estimate of drug-likeness (QED) is 0.737. The Labute approximate surface area is 188 Å². The summed E-state index contributed by atoms with van der Waals surface area (Å²) in [4.78, 5) is 47.5. The van der Waals surface area contributed by atoms with Gasteiger partial charge in [-0.2, -0.15) is 0 Å². The molecule has 1 saturated heterocycles. The fourth-order valence-electron chi connectivity index (χ4n) is 4.04. The number of alkyl halides is 2. The number of imide groups is 1. The lowest BCUT2D eigenvalue weighted by Crippen LogP contribution is -2.52. The molecule has 0 aromatic carbocycles. The lowest BCUT2D eigenvalue weighted by atomic mass is 9.65. The topological polar surface area (TPSA) is 105 Å². The molecule has 0 atom stereocenters. The van der Waals surface area contributed by atoms with E-state index in [9.17, 15) is 23.2 Å². The number of halogens is 2. The Morgan fingerprint density at radius 1 is 1.18 bits per heavy atom. The van der Waals surface area contributed by atoms with E-state index in [0.29, 0.717) is 17.2 Å². The van der Waals surface area contributed by atoms with Crippen molar-refractivity contribution in [2.45, 2.75) is 31.6 Å². The van der Waals surface area contributed by atoms with E-state index in [1.165, 1.54) is 23.4 Å². The van der Waals surface area contributed by atoms with E-state index in [0.717, 1.165) is 4.90 Å². The number of likely N-dealkylation sites (tertiary alicyclic amines) is 1. The van der Waals surface area contributed by atoms with Crippen LogP contribution in [-0.4, -0.2) is 64.2 Å². The number of likely N-dealkylation sites (N-methyl/N-ethyl adjacent to an activating group) is 1. The van der Waals surface area contributed by atoms with Crippen molar-refractivity contribution in [1.82, 2.24) is 19.8 Å². The maximum absolute atomic E-state index is 13.3. The van der Waals surface area contributed by atoms with Gasteiger partial charge < -0.3 is 9.64 Å². The van der Waals surface area contributed by atoms with Crippen LogP contribution in [0.3, 0.4) is 0 Å². The van der Waals surface area contributed by atoms with Gasteiger partial charge in [0.2, 0.25) is 17.7 Å². The maximum Gasteiger partial charge on any atom is 0.329 e. The minimum atomic E-state index is -2.84. The zero-order valence-electron chi connectivity index (χ0n) is 18.2. The Morgan fingerprint density at radius 3 is 2.58 bits per heavy atom. The number of anilines is 1. The molecule has 4 amide bonds. The van der Waals surface area contributed by atoms with Gasteiger partial charge in [0.15, 0.2) is 0 Å². The minimum Gasteiger partial charge on any atom is -0.456 e. The smallest absolute Gasteiger partial charge is 0.329 e. The van der Waals surface area contributed by atoms with Crippen molar-refractivity contribution in [2.75, 3.05) is 26.0 Å². The van der Waals surface area contributed by atoms with Crippen LogP contribution in [0, 0.1) is 5.41 Å². The van der Waals surface area contributed by atoms with E-state index in [1.54, 1.807) is 32.3 Å². The molecule has 4 rings (SSSR count). The van der Waals surface area contributed by atoms with E-state index < -0.39 is 36.1 Å². The highest BCUT2D eigenvalue weighted by molar-refractivity contribution is 6.04. The monoisotopic (exact) mass is 459 g/mol. The number of carbonyl (C=O) groups excluding carboxylic acids is 3. The Kier molecular flexibility index (Phi) is 5.73. The average Bonchev–Trinajstić information content (AvgIpc) is 3.05. The third-order valence-corrected chi connectivity index (χ3v) is 5.78. The van der Waals surface area contributed by atoms with Crippen LogP contribution in [0.25, 0.3) is 0 Å². The normalized spacial score (nSPS) is 18.1. The first-order valence-electron chi connectivity index (χ1n) is 10.4. The molecule has 11 heteroatoms. The van der Waals surface area contributed by atoms with Gasteiger partial charge in [0, 0.05) is 45.7 Å². The van der Waals surface area contributed by atoms with Crippen LogP contribution >= 0.6 is 0 Å². The summed E-state index contributed by atoms with van der Waals surface area (Å²) in [7, 11) is 3.33. The second kappa shape index (κ2) is 8.38. The molecular formula is C22H23F2N5O4. The Hall–Kier alpha value is -3.63. The van der Waals surface area contributed by atoms with Gasteiger partial charge in [-0.3, -0.25) is 24.8 Å². The molecule has 0 bridgehead atoms. The number of nitrogens with zero attached hydrogens (tertiary/aromatic N) is 4. The standard InChI is InChI=1S/C22H23F2N5O4/c1-28(2)18(30)10-14-9-15(5-7-25-14)33-16-3-4-17(26-11-16)27-20(32)29-8-6-21(19(29)31)12-22(23,24)13-21/h3-5,7,9,11H,6,8,10,12-13H2,1-2H3,(H,26,27,32). The summed E-state index contributed by atoms with van der Waals surface area (Å²) in [5.74, 6) is -2.45. The highest BCUT2D eigenvalue weighted by Gasteiger charge is 2.64. The number of hydrogen-bond donors (Lipinski definition) is 1. The van der Waals surface area contributed by atoms with Gasteiger partial charge in [0.25, 0.3) is 0 Å². The largest absolute Gasteiger partial charge is 0.456 e. The number of rotatable bonds is 5. The Balaban J connectivity index is 1.34. The summed E-state index contributed by atoms with van der Waals surface area (Å²) in [6, 6.07) is 5.66. The SMILES string of the molecule is CN(C)C(=O)Cc1cc(Oc2ccc(NC(=O)N3CCC4(CC(F)(F)C4)C3=O)nc2)ccn1. The average molecular weight is 459 g/mol. The maximum atomic E-state index is 13.3. The van der Waals surface area contributed by atoms with Crippen molar-refractivity contribution in [3.63, 3.8) is 0 Å². The molecule has 1 N–H and O–H groups in total. The molecule has 0 radical (unpaired) electrons. The lowest BCUT2D eigenvalue weighted by Gasteiger charge is -2.42. The van der Waals surface area contributed by atoms with E-state index in [-0.39, 0.29) is 31.1 Å². The lowest BCUT2D eigenvalue weighted by molar-refractivity contribution is -0.176. The number of ether oxygens (including phenoxy) is 1. The fourth-order valence-corrected chi connectivity index (χ4v) is 4.04. The molecule has 0 unspecified atom stereocenters. The number of nitrogens with one attached hydrogen (secondary N) is 1. The molecule has 1 aliphatic carbocycles. The van der Waals surface area contributed by atoms with Gasteiger partial charge in [0.1, 0.15) is 17.3 Å². The zero-order valence-corrected chi connectivity index (χ0v) is 18.2. The second-order valence-electron chi connectivity index (χ2n) is 8.56. The van der Waals surface area contributed by atoms with Crippen LogP contribution in [0.15, 0.2) is 36.7 Å². The molecular weight excluding hydrogens is 436 g/mol. The molecule has 2 aromatic heterocycles. The van der Waals surface area contributed by atoms with Crippen molar-refractivity contribution in [3.8, 4) is 11.5 Å². The van der Waals surface area contributed by atoms with Gasteiger partial charge in [-0.1, -0.05) is 0 Å². The molecule has 2 aliphatic rings. The molecule has 9 nitrogen and oxygen atoms in total. The van der Waals surface area contributed by atoms with Crippen molar-refractivity contribution in [3.05, 3.63) is 42.4 Å². The van der Waals surface area contributed by atoms with Crippen molar-refractivity contribution < 1.29 is 27.9 Å². The van der Waals surface area contributed by atoms with Gasteiger partial charge in [-0.25, -0.2) is 18.6 Å². The molecule has 2 aromatic rings. The predicted molar refractivity (Wildman–Crippen MR) is 113 cm³/mol. The second-order valence-corrected chi connectivity index (χ2v) is 8.56. The number of hydrogen-bond acceptors (Lipinski definition) is 6. The van der Waals surface area contributed by atoms with Crippen LogP contribution in [0.1, 0.15) is 25.0 Å². The van der Waals surface area contributed by atoms with E-state index in [2.05, 4.69) is 15.3 Å². The van der Waals surface area contributed by atoms with Crippen LogP contribution in [-0.2, 0) is 16.0 Å². The van der Waals surface area contributed by atoms with Crippen LogP contribution in [0.2, 0.25) is 0 Å². The molecule has 1 spiro atoms. The third-order valence-electron chi connectivity index (χ3n) is 5.78.